The fourth-order valence-corrected chi connectivity index (χ4v) is 2.23. The second-order valence-electron chi connectivity index (χ2n) is 5.17. The van der Waals surface area contributed by atoms with Gasteiger partial charge in [-0.3, -0.25) is 9.58 Å². The highest BCUT2D eigenvalue weighted by Crippen LogP contribution is 2.34. The van der Waals surface area contributed by atoms with Crippen LogP contribution in [0.25, 0.3) is 0 Å². The molecule has 0 atom stereocenters. The van der Waals surface area contributed by atoms with Crippen LogP contribution in [-0.4, -0.2) is 33.8 Å². The molecule has 2 aliphatic rings. The number of rotatable bonds is 6. The molecule has 0 radical (unpaired) electrons. The van der Waals surface area contributed by atoms with Crippen molar-refractivity contribution in [2.45, 2.75) is 38.3 Å². The lowest BCUT2D eigenvalue weighted by atomic mass is 10.3. The third-order valence-corrected chi connectivity index (χ3v) is 3.53. The Labute approximate surface area is 96.4 Å². The minimum Gasteiger partial charge on any atom is -0.382 e. The standard InChI is InChI=1S/C12H20N4/c13-12-5-6-16(14-12)8-7-15(11-3-4-11)9-10-1-2-10/h5-6,10-11H,1-4,7-9H2,(H2,13,14). The molecule has 16 heavy (non-hydrogen) atoms. The molecule has 2 saturated carbocycles. The van der Waals surface area contributed by atoms with Gasteiger partial charge >= 0.3 is 0 Å². The van der Waals surface area contributed by atoms with Crippen LogP contribution in [0.1, 0.15) is 25.7 Å². The number of aromatic nitrogens is 2. The molecule has 0 saturated heterocycles. The zero-order valence-corrected chi connectivity index (χ0v) is 9.68. The molecule has 0 aliphatic heterocycles. The van der Waals surface area contributed by atoms with Gasteiger partial charge in [0, 0.05) is 25.3 Å². The van der Waals surface area contributed by atoms with Crippen molar-refractivity contribution in [3.05, 3.63) is 12.3 Å². The molecule has 0 aromatic carbocycles. The lowest BCUT2D eigenvalue weighted by Gasteiger charge is -2.21. The monoisotopic (exact) mass is 220 g/mol. The van der Waals surface area contributed by atoms with Crippen molar-refractivity contribution in [2.24, 2.45) is 5.92 Å². The van der Waals surface area contributed by atoms with Crippen molar-refractivity contribution in [1.29, 1.82) is 0 Å². The lowest BCUT2D eigenvalue weighted by Crippen LogP contribution is -2.31. The number of hydrogen-bond donors (Lipinski definition) is 1. The summed E-state index contributed by atoms with van der Waals surface area (Å²) in [6.45, 7) is 3.41. The Morgan fingerprint density at radius 2 is 2.19 bits per heavy atom. The average Bonchev–Trinajstić information content (AvgIpc) is 3.14. The third kappa shape index (κ3) is 2.55. The topological polar surface area (TPSA) is 47.1 Å². The minimum absolute atomic E-state index is 0.625. The molecule has 0 bridgehead atoms. The van der Waals surface area contributed by atoms with Gasteiger partial charge in [-0.25, -0.2) is 0 Å². The highest BCUT2D eigenvalue weighted by Gasteiger charge is 2.33. The normalized spacial score (nSPS) is 20.6. The van der Waals surface area contributed by atoms with Gasteiger partial charge in [0.05, 0.1) is 6.54 Å². The maximum atomic E-state index is 5.60. The minimum atomic E-state index is 0.625. The number of nitrogen functional groups attached to an aromatic ring is 1. The molecule has 0 spiro atoms. The van der Waals surface area contributed by atoms with Crippen LogP contribution in [0.2, 0.25) is 0 Å². The van der Waals surface area contributed by atoms with Gasteiger partial charge in [-0.05, 0) is 37.7 Å². The van der Waals surface area contributed by atoms with Crippen molar-refractivity contribution in [1.82, 2.24) is 14.7 Å². The predicted molar refractivity (Wildman–Crippen MR) is 64.0 cm³/mol. The van der Waals surface area contributed by atoms with Crippen LogP contribution < -0.4 is 5.73 Å². The van der Waals surface area contributed by atoms with Crippen LogP contribution >= 0.6 is 0 Å². The summed E-state index contributed by atoms with van der Waals surface area (Å²) in [5.41, 5.74) is 5.60. The zero-order chi connectivity index (χ0) is 11.0. The molecule has 2 aliphatic carbocycles. The summed E-state index contributed by atoms with van der Waals surface area (Å²) in [7, 11) is 0. The van der Waals surface area contributed by atoms with E-state index in [0.717, 1.165) is 25.0 Å². The molecule has 0 unspecified atom stereocenters. The van der Waals surface area contributed by atoms with Gasteiger partial charge < -0.3 is 5.73 Å². The van der Waals surface area contributed by atoms with Crippen LogP contribution in [0.4, 0.5) is 5.82 Å². The van der Waals surface area contributed by atoms with Gasteiger partial charge in [-0.2, -0.15) is 5.10 Å². The molecule has 4 heteroatoms. The van der Waals surface area contributed by atoms with Gasteiger partial charge in [-0.15, -0.1) is 0 Å². The van der Waals surface area contributed by atoms with Crippen molar-refractivity contribution in [3.8, 4) is 0 Å². The number of nitrogens with zero attached hydrogens (tertiary/aromatic N) is 3. The van der Waals surface area contributed by atoms with Gasteiger partial charge in [0.2, 0.25) is 0 Å². The Bertz CT molecular complexity index is 352. The van der Waals surface area contributed by atoms with Crippen molar-refractivity contribution >= 4 is 5.82 Å². The Balaban J connectivity index is 1.50. The molecule has 1 aromatic rings. The van der Waals surface area contributed by atoms with Crippen molar-refractivity contribution < 1.29 is 0 Å². The molecule has 1 heterocycles. The number of hydrogen-bond acceptors (Lipinski definition) is 3. The van der Waals surface area contributed by atoms with Crippen LogP contribution in [-0.2, 0) is 6.54 Å². The molecule has 88 valence electrons. The van der Waals surface area contributed by atoms with Crippen LogP contribution in [0.3, 0.4) is 0 Å². The summed E-state index contributed by atoms with van der Waals surface area (Å²) < 4.78 is 1.96. The maximum absolute atomic E-state index is 5.60. The quantitative estimate of drug-likeness (QED) is 0.787. The Kier molecular flexibility index (Phi) is 2.59. The van der Waals surface area contributed by atoms with Gasteiger partial charge in [0.15, 0.2) is 0 Å². The van der Waals surface area contributed by atoms with Crippen LogP contribution in [0, 0.1) is 5.92 Å². The summed E-state index contributed by atoms with van der Waals surface area (Å²) in [6.07, 6.45) is 7.65. The second-order valence-corrected chi connectivity index (χ2v) is 5.17. The highest BCUT2D eigenvalue weighted by molar-refractivity contribution is 5.23. The lowest BCUT2D eigenvalue weighted by molar-refractivity contribution is 0.239. The van der Waals surface area contributed by atoms with Crippen LogP contribution in [0.15, 0.2) is 12.3 Å². The van der Waals surface area contributed by atoms with E-state index in [1.54, 1.807) is 0 Å². The number of nitrogens with two attached hydrogens (primary N) is 1. The van der Waals surface area contributed by atoms with Crippen molar-refractivity contribution in [3.63, 3.8) is 0 Å². The maximum Gasteiger partial charge on any atom is 0.145 e. The van der Waals surface area contributed by atoms with E-state index in [0.29, 0.717) is 5.82 Å². The number of anilines is 1. The van der Waals surface area contributed by atoms with Crippen molar-refractivity contribution in [2.75, 3.05) is 18.8 Å². The van der Waals surface area contributed by atoms with Gasteiger partial charge in [0.1, 0.15) is 5.82 Å². The summed E-state index contributed by atoms with van der Waals surface area (Å²) >= 11 is 0. The highest BCUT2D eigenvalue weighted by atomic mass is 15.3. The molecular weight excluding hydrogens is 200 g/mol. The molecule has 4 nitrogen and oxygen atoms in total. The largest absolute Gasteiger partial charge is 0.382 e. The molecule has 1 aromatic heterocycles. The second kappa shape index (κ2) is 4.09. The van der Waals surface area contributed by atoms with E-state index in [4.69, 9.17) is 5.73 Å². The predicted octanol–water partition coefficient (Wildman–Crippen LogP) is 1.34. The summed E-state index contributed by atoms with van der Waals surface area (Å²) in [6, 6.07) is 2.73. The Morgan fingerprint density at radius 3 is 2.75 bits per heavy atom. The van der Waals surface area contributed by atoms with E-state index < -0.39 is 0 Å². The molecule has 2 fully saturated rings. The SMILES string of the molecule is Nc1ccn(CCN(CC2CC2)C2CC2)n1. The zero-order valence-electron chi connectivity index (χ0n) is 9.68. The van der Waals surface area contributed by atoms with E-state index in [-0.39, 0.29) is 0 Å². The molecule has 0 amide bonds. The first-order valence-corrected chi connectivity index (χ1v) is 6.34. The van der Waals surface area contributed by atoms with E-state index in [1.165, 1.54) is 32.2 Å². The van der Waals surface area contributed by atoms with Crippen LogP contribution in [0.5, 0.6) is 0 Å². The Hall–Kier alpha value is -1.03. The van der Waals surface area contributed by atoms with Gasteiger partial charge in [-0.1, -0.05) is 0 Å². The van der Waals surface area contributed by atoms with Gasteiger partial charge in [0.25, 0.3) is 0 Å². The van der Waals surface area contributed by atoms with E-state index in [2.05, 4.69) is 10.00 Å². The average molecular weight is 220 g/mol. The fourth-order valence-electron chi connectivity index (χ4n) is 2.23. The van der Waals surface area contributed by atoms with E-state index in [9.17, 15) is 0 Å². The van der Waals surface area contributed by atoms with E-state index in [1.807, 2.05) is 16.9 Å². The Morgan fingerprint density at radius 1 is 1.38 bits per heavy atom. The first-order valence-electron chi connectivity index (χ1n) is 6.34. The molecule has 3 rings (SSSR count). The first kappa shape index (κ1) is 10.1. The third-order valence-electron chi connectivity index (χ3n) is 3.53. The fraction of sp³-hybridized carbons (Fsp3) is 0.750. The smallest absolute Gasteiger partial charge is 0.145 e. The summed E-state index contributed by atoms with van der Waals surface area (Å²) in [5.74, 6) is 1.61. The summed E-state index contributed by atoms with van der Waals surface area (Å²) in [4.78, 5) is 2.65. The molecule has 2 N–H and O–H groups in total. The van der Waals surface area contributed by atoms with E-state index >= 15 is 0 Å². The summed E-state index contributed by atoms with van der Waals surface area (Å²) in [5, 5.41) is 4.22. The molecular formula is C12H20N4. The first-order chi connectivity index (χ1) is 7.81.